The summed E-state index contributed by atoms with van der Waals surface area (Å²) in [4.78, 5) is 10.3. The molecule has 0 saturated carbocycles. The number of rotatable bonds is 3. The maximum Gasteiger partial charge on any atom is 0.393 e. The predicted octanol–water partition coefficient (Wildman–Crippen LogP) is 2.86. The fourth-order valence-corrected chi connectivity index (χ4v) is 2.38. The van der Waals surface area contributed by atoms with E-state index in [0.29, 0.717) is 36.8 Å². The van der Waals surface area contributed by atoms with Gasteiger partial charge in [0.25, 0.3) is 0 Å². The molecule has 1 fully saturated rings. The summed E-state index contributed by atoms with van der Waals surface area (Å²) < 4.78 is 38.5. The molecule has 0 aliphatic carbocycles. The number of piperidine rings is 1. The molecular formula is C13H19F3N4. The minimum atomic E-state index is -4.13. The molecule has 0 amide bonds. The Hall–Kier alpha value is -1.53. The first-order valence-corrected chi connectivity index (χ1v) is 6.81. The number of hydrogen-bond donors (Lipinski definition) is 1. The summed E-state index contributed by atoms with van der Waals surface area (Å²) in [6, 6.07) is 1.71. The van der Waals surface area contributed by atoms with Gasteiger partial charge in [-0.1, -0.05) is 6.92 Å². The molecule has 0 bridgehead atoms. The molecular weight excluding hydrogens is 269 g/mol. The summed E-state index contributed by atoms with van der Waals surface area (Å²) >= 11 is 0. The average Bonchev–Trinajstić information content (AvgIpc) is 2.46. The first-order valence-electron chi connectivity index (χ1n) is 6.81. The molecule has 2 rings (SSSR count). The third-order valence-electron chi connectivity index (χ3n) is 3.54. The second-order valence-electron chi connectivity index (χ2n) is 4.96. The lowest BCUT2D eigenvalue weighted by Crippen LogP contribution is -2.42. The van der Waals surface area contributed by atoms with Crippen molar-refractivity contribution in [3.8, 4) is 0 Å². The van der Waals surface area contributed by atoms with E-state index in [4.69, 9.17) is 0 Å². The molecule has 1 aromatic rings. The Labute approximate surface area is 116 Å². The Balaban J connectivity index is 2.22. The minimum Gasteiger partial charge on any atom is -0.373 e. The fraction of sp³-hybridized carbons (Fsp3) is 0.692. The second-order valence-corrected chi connectivity index (χ2v) is 4.96. The Kier molecular flexibility index (Phi) is 4.35. The van der Waals surface area contributed by atoms with Crippen molar-refractivity contribution in [2.45, 2.75) is 32.4 Å². The molecule has 1 aromatic heterocycles. The summed E-state index contributed by atoms with van der Waals surface area (Å²) in [5.41, 5.74) is 0. The third-order valence-corrected chi connectivity index (χ3v) is 3.54. The lowest BCUT2D eigenvalue weighted by molar-refractivity contribution is -0.176. The van der Waals surface area contributed by atoms with E-state index >= 15 is 0 Å². The monoisotopic (exact) mass is 288 g/mol. The first kappa shape index (κ1) is 14.9. The molecule has 1 unspecified atom stereocenters. The smallest absolute Gasteiger partial charge is 0.373 e. The van der Waals surface area contributed by atoms with Crippen molar-refractivity contribution in [2.24, 2.45) is 5.92 Å². The number of aromatic nitrogens is 2. The van der Waals surface area contributed by atoms with Gasteiger partial charge in [-0.25, -0.2) is 9.97 Å². The maximum atomic E-state index is 12.8. The molecule has 1 aliphatic heterocycles. The molecule has 20 heavy (non-hydrogen) atoms. The van der Waals surface area contributed by atoms with Gasteiger partial charge in [-0.3, -0.25) is 0 Å². The van der Waals surface area contributed by atoms with Crippen LogP contribution >= 0.6 is 0 Å². The highest BCUT2D eigenvalue weighted by Crippen LogP contribution is 2.34. The van der Waals surface area contributed by atoms with Crippen LogP contribution in [0.5, 0.6) is 0 Å². The van der Waals surface area contributed by atoms with Crippen molar-refractivity contribution >= 4 is 11.6 Å². The zero-order valence-corrected chi connectivity index (χ0v) is 11.7. The Bertz CT molecular complexity index is 439. The third kappa shape index (κ3) is 3.32. The van der Waals surface area contributed by atoms with Crippen LogP contribution in [0.25, 0.3) is 0 Å². The van der Waals surface area contributed by atoms with Gasteiger partial charge in [0, 0.05) is 32.6 Å². The SMILES string of the molecule is CCc1nc(NC)cc(N2CCCC(C(F)(F)F)C2)n1. The highest BCUT2D eigenvalue weighted by atomic mass is 19.4. The van der Waals surface area contributed by atoms with Gasteiger partial charge in [-0.05, 0) is 12.8 Å². The number of alkyl halides is 3. The molecule has 1 N–H and O–H groups in total. The van der Waals surface area contributed by atoms with Crippen molar-refractivity contribution in [1.82, 2.24) is 9.97 Å². The average molecular weight is 288 g/mol. The normalized spacial score (nSPS) is 20.1. The zero-order valence-electron chi connectivity index (χ0n) is 11.7. The zero-order chi connectivity index (χ0) is 14.8. The first-order chi connectivity index (χ1) is 9.44. The van der Waals surface area contributed by atoms with Crippen molar-refractivity contribution in [1.29, 1.82) is 0 Å². The lowest BCUT2D eigenvalue weighted by atomic mass is 9.97. The van der Waals surface area contributed by atoms with Crippen LogP contribution in [-0.2, 0) is 6.42 Å². The van der Waals surface area contributed by atoms with E-state index in [0.717, 1.165) is 0 Å². The van der Waals surface area contributed by atoms with E-state index in [-0.39, 0.29) is 13.0 Å². The Morgan fingerprint density at radius 3 is 2.75 bits per heavy atom. The molecule has 2 heterocycles. The van der Waals surface area contributed by atoms with E-state index in [1.54, 1.807) is 18.0 Å². The van der Waals surface area contributed by atoms with Crippen LogP contribution in [0.3, 0.4) is 0 Å². The molecule has 1 saturated heterocycles. The molecule has 7 heteroatoms. The van der Waals surface area contributed by atoms with Gasteiger partial charge >= 0.3 is 6.18 Å². The highest BCUT2D eigenvalue weighted by Gasteiger charge is 2.42. The molecule has 1 aliphatic rings. The van der Waals surface area contributed by atoms with Crippen molar-refractivity contribution in [3.63, 3.8) is 0 Å². The van der Waals surface area contributed by atoms with Crippen LogP contribution in [0.4, 0.5) is 24.8 Å². The second kappa shape index (κ2) is 5.85. The van der Waals surface area contributed by atoms with Crippen molar-refractivity contribution < 1.29 is 13.2 Å². The molecule has 0 radical (unpaired) electrons. The number of nitrogens with one attached hydrogen (secondary N) is 1. The number of halogens is 3. The summed E-state index contributed by atoms with van der Waals surface area (Å²) in [7, 11) is 1.74. The number of nitrogens with zero attached hydrogens (tertiary/aromatic N) is 3. The molecule has 112 valence electrons. The van der Waals surface area contributed by atoms with E-state index in [1.807, 2.05) is 6.92 Å². The maximum absolute atomic E-state index is 12.8. The van der Waals surface area contributed by atoms with Crippen LogP contribution in [0.1, 0.15) is 25.6 Å². The van der Waals surface area contributed by atoms with Crippen LogP contribution in [0.2, 0.25) is 0 Å². The summed E-state index contributed by atoms with van der Waals surface area (Å²) in [6.45, 7) is 2.51. The molecule has 0 aromatic carbocycles. The van der Waals surface area contributed by atoms with Gasteiger partial charge in [0.05, 0.1) is 5.92 Å². The van der Waals surface area contributed by atoms with Gasteiger partial charge in [-0.2, -0.15) is 13.2 Å². The van der Waals surface area contributed by atoms with Crippen molar-refractivity contribution in [3.05, 3.63) is 11.9 Å². The van der Waals surface area contributed by atoms with Crippen LogP contribution in [0.15, 0.2) is 6.07 Å². The fourth-order valence-electron chi connectivity index (χ4n) is 2.38. The van der Waals surface area contributed by atoms with Gasteiger partial charge in [0.1, 0.15) is 17.5 Å². The van der Waals surface area contributed by atoms with Gasteiger partial charge < -0.3 is 10.2 Å². The number of aryl methyl sites for hydroxylation is 1. The van der Waals surface area contributed by atoms with E-state index in [9.17, 15) is 13.2 Å². The van der Waals surface area contributed by atoms with E-state index in [2.05, 4.69) is 15.3 Å². The van der Waals surface area contributed by atoms with E-state index in [1.165, 1.54) is 0 Å². The number of hydrogen-bond acceptors (Lipinski definition) is 4. The Morgan fingerprint density at radius 1 is 1.40 bits per heavy atom. The summed E-state index contributed by atoms with van der Waals surface area (Å²) in [6.07, 6.45) is -2.75. The topological polar surface area (TPSA) is 41.1 Å². The van der Waals surface area contributed by atoms with Gasteiger partial charge in [0.2, 0.25) is 0 Å². The largest absolute Gasteiger partial charge is 0.393 e. The lowest BCUT2D eigenvalue weighted by Gasteiger charge is -2.34. The van der Waals surface area contributed by atoms with Crippen molar-refractivity contribution in [2.75, 3.05) is 30.4 Å². The summed E-state index contributed by atoms with van der Waals surface area (Å²) in [5.74, 6) is 0.589. The molecule has 0 spiro atoms. The highest BCUT2D eigenvalue weighted by molar-refractivity contribution is 5.49. The predicted molar refractivity (Wildman–Crippen MR) is 71.9 cm³/mol. The van der Waals surface area contributed by atoms with Gasteiger partial charge in [0.15, 0.2) is 0 Å². The van der Waals surface area contributed by atoms with Crippen LogP contribution < -0.4 is 10.2 Å². The van der Waals surface area contributed by atoms with Crippen LogP contribution in [0, 0.1) is 5.92 Å². The molecule has 4 nitrogen and oxygen atoms in total. The van der Waals surface area contributed by atoms with Crippen LogP contribution in [-0.4, -0.2) is 36.3 Å². The quantitative estimate of drug-likeness (QED) is 0.928. The summed E-state index contributed by atoms with van der Waals surface area (Å²) in [5, 5.41) is 2.92. The minimum absolute atomic E-state index is 0.0210. The Morgan fingerprint density at radius 2 is 2.15 bits per heavy atom. The standard InChI is InChI=1S/C13H19F3N4/c1-3-10-18-11(17-2)7-12(19-10)20-6-4-5-9(8-20)13(14,15)16/h7,9H,3-6,8H2,1-2H3,(H,17,18,19). The van der Waals surface area contributed by atoms with Gasteiger partial charge in [-0.15, -0.1) is 0 Å². The molecule has 1 atom stereocenters. The number of anilines is 2. The van der Waals surface area contributed by atoms with E-state index < -0.39 is 12.1 Å².